The van der Waals surface area contributed by atoms with Gasteiger partial charge in [-0.15, -0.1) is 0 Å². The van der Waals surface area contributed by atoms with Crippen LogP contribution in [-0.2, 0) is 25.4 Å². The second-order valence-corrected chi connectivity index (χ2v) is 7.84. The van der Waals surface area contributed by atoms with E-state index in [9.17, 15) is 18.0 Å². The molecule has 0 N–H and O–H groups in total. The lowest BCUT2D eigenvalue weighted by Crippen LogP contribution is -2.62. The summed E-state index contributed by atoms with van der Waals surface area (Å²) in [6.07, 6.45) is 0.483. The molecule has 2 fully saturated rings. The van der Waals surface area contributed by atoms with Gasteiger partial charge in [-0.1, -0.05) is 29.8 Å². The number of nitrogens with zero attached hydrogens (tertiary/aromatic N) is 2. The van der Waals surface area contributed by atoms with Crippen LogP contribution in [0.2, 0.25) is 0 Å². The van der Waals surface area contributed by atoms with Crippen molar-refractivity contribution in [1.29, 1.82) is 0 Å². The van der Waals surface area contributed by atoms with Crippen LogP contribution in [-0.4, -0.2) is 48.6 Å². The van der Waals surface area contributed by atoms with E-state index >= 15 is 0 Å². The van der Waals surface area contributed by atoms with Gasteiger partial charge in [-0.2, -0.15) is 4.31 Å². The molecule has 2 saturated heterocycles. The van der Waals surface area contributed by atoms with Crippen molar-refractivity contribution >= 4 is 21.8 Å². The first-order valence-electron chi connectivity index (χ1n) is 7.25. The minimum absolute atomic E-state index is 0.0523. The Kier molecular flexibility index (Phi) is 3.78. The number of carbonyl (C=O) groups is 2. The van der Waals surface area contributed by atoms with Crippen molar-refractivity contribution in [2.45, 2.75) is 31.6 Å². The fourth-order valence-electron chi connectivity index (χ4n) is 2.91. The van der Waals surface area contributed by atoms with E-state index in [1.54, 1.807) is 6.07 Å². The van der Waals surface area contributed by atoms with Crippen LogP contribution in [0.1, 0.15) is 24.0 Å². The predicted octanol–water partition coefficient (Wildman–Crippen LogP) is 0.658. The second-order valence-electron chi connectivity index (χ2n) is 5.87. The molecule has 3 rings (SSSR count). The molecule has 0 atom stereocenters. The lowest BCUT2D eigenvalue weighted by molar-refractivity contribution is -0.143. The molecule has 1 aromatic carbocycles. The summed E-state index contributed by atoms with van der Waals surface area (Å²) in [5.41, 5.74) is 1.76. The van der Waals surface area contributed by atoms with E-state index in [2.05, 4.69) is 0 Å². The summed E-state index contributed by atoms with van der Waals surface area (Å²) in [7, 11) is -3.41. The number of imide groups is 1. The average Bonchev–Trinajstić information content (AvgIpc) is 2.68. The van der Waals surface area contributed by atoms with Crippen molar-refractivity contribution in [3.05, 3.63) is 35.4 Å². The maximum absolute atomic E-state index is 12.4. The van der Waals surface area contributed by atoms with Gasteiger partial charge in [0, 0.05) is 25.9 Å². The smallest absolute Gasteiger partial charge is 0.230 e. The van der Waals surface area contributed by atoms with Crippen LogP contribution in [0.5, 0.6) is 0 Å². The fraction of sp³-hybridized carbons (Fsp3) is 0.467. The molecular weight excluding hydrogens is 304 g/mol. The molecule has 7 heteroatoms. The molecule has 2 heterocycles. The number of hydrogen-bond donors (Lipinski definition) is 0. The summed E-state index contributed by atoms with van der Waals surface area (Å²) in [5.74, 6) is -0.431. The summed E-state index contributed by atoms with van der Waals surface area (Å²) in [6.45, 7) is 2.34. The predicted molar refractivity (Wildman–Crippen MR) is 80.3 cm³/mol. The number of likely N-dealkylation sites (tertiary alicyclic amines) is 1. The molecule has 6 nitrogen and oxygen atoms in total. The largest absolute Gasteiger partial charge is 0.277 e. The Morgan fingerprint density at radius 3 is 2.36 bits per heavy atom. The molecule has 118 valence electrons. The molecule has 2 aliphatic heterocycles. The van der Waals surface area contributed by atoms with Crippen molar-refractivity contribution in [3.8, 4) is 0 Å². The maximum atomic E-state index is 12.4. The Labute approximate surface area is 129 Å². The summed E-state index contributed by atoms with van der Waals surface area (Å²) in [4.78, 5) is 24.5. The quantitative estimate of drug-likeness (QED) is 0.763. The van der Waals surface area contributed by atoms with Crippen LogP contribution in [0.3, 0.4) is 0 Å². The minimum atomic E-state index is -3.41. The lowest BCUT2D eigenvalue weighted by Gasteiger charge is -2.41. The topological polar surface area (TPSA) is 74.8 Å². The van der Waals surface area contributed by atoms with Gasteiger partial charge in [0.25, 0.3) is 0 Å². The third-order valence-electron chi connectivity index (χ3n) is 4.11. The van der Waals surface area contributed by atoms with Crippen LogP contribution < -0.4 is 0 Å². The molecule has 0 aliphatic carbocycles. The highest BCUT2D eigenvalue weighted by molar-refractivity contribution is 7.88. The molecule has 0 unspecified atom stereocenters. The van der Waals surface area contributed by atoms with E-state index in [0.29, 0.717) is 0 Å². The maximum Gasteiger partial charge on any atom is 0.230 e. The third kappa shape index (κ3) is 2.78. The van der Waals surface area contributed by atoms with E-state index in [0.717, 1.165) is 11.1 Å². The molecule has 0 bridgehead atoms. The first-order chi connectivity index (χ1) is 10.4. The summed E-state index contributed by atoms with van der Waals surface area (Å²) >= 11 is 0. The van der Waals surface area contributed by atoms with Crippen molar-refractivity contribution in [2.75, 3.05) is 13.1 Å². The molecule has 1 aromatic rings. The summed E-state index contributed by atoms with van der Waals surface area (Å²) in [5, 5.41) is 0. The lowest BCUT2D eigenvalue weighted by atomic mass is 10.1. The minimum Gasteiger partial charge on any atom is -0.277 e. The van der Waals surface area contributed by atoms with Crippen molar-refractivity contribution in [3.63, 3.8) is 0 Å². The number of rotatable bonds is 4. The number of aryl methyl sites for hydroxylation is 1. The Balaban J connectivity index is 1.64. The van der Waals surface area contributed by atoms with Crippen molar-refractivity contribution in [2.24, 2.45) is 0 Å². The van der Waals surface area contributed by atoms with Gasteiger partial charge in [-0.3, -0.25) is 14.5 Å². The number of benzene rings is 1. The molecule has 0 radical (unpaired) electrons. The number of hydrogen-bond acceptors (Lipinski definition) is 4. The van der Waals surface area contributed by atoms with Gasteiger partial charge < -0.3 is 0 Å². The zero-order valence-corrected chi connectivity index (χ0v) is 13.2. The van der Waals surface area contributed by atoms with Crippen LogP contribution in [0, 0.1) is 6.92 Å². The highest BCUT2D eigenvalue weighted by atomic mass is 32.2. The average molecular weight is 322 g/mol. The van der Waals surface area contributed by atoms with Crippen LogP contribution in [0.4, 0.5) is 0 Å². The molecule has 0 aromatic heterocycles. The summed E-state index contributed by atoms with van der Waals surface area (Å²) in [6, 6.07) is 7.09. The van der Waals surface area contributed by atoms with E-state index in [-0.39, 0.29) is 49.5 Å². The van der Waals surface area contributed by atoms with Gasteiger partial charge in [0.1, 0.15) is 0 Å². The normalized spacial score (nSPS) is 20.5. The van der Waals surface area contributed by atoms with Crippen molar-refractivity contribution in [1.82, 2.24) is 9.21 Å². The van der Waals surface area contributed by atoms with Crippen LogP contribution in [0.25, 0.3) is 0 Å². The molecule has 0 saturated carbocycles. The number of sulfonamides is 1. The molecule has 2 aliphatic rings. The number of amides is 2. The zero-order valence-electron chi connectivity index (χ0n) is 12.4. The Morgan fingerprint density at radius 2 is 1.77 bits per heavy atom. The summed E-state index contributed by atoms with van der Waals surface area (Å²) < 4.78 is 26.1. The van der Waals surface area contributed by atoms with Gasteiger partial charge in [-0.25, -0.2) is 8.42 Å². The van der Waals surface area contributed by atoms with Gasteiger partial charge in [-0.05, 0) is 12.5 Å². The third-order valence-corrected chi connectivity index (χ3v) is 5.89. The highest BCUT2D eigenvalue weighted by Gasteiger charge is 2.44. The van der Waals surface area contributed by atoms with Crippen molar-refractivity contribution < 1.29 is 18.0 Å². The molecule has 2 amide bonds. The first-order valence-corrected chi connectivity index (χ1v) is 8.86. The van der Waals surface area contributed by atoms with E-state index in [4.69, 9.17) is 0 Å². The van der Waals surface area contributed by atoms with Gasteiger partial charge >= 0.3 is 0 Å². The highest BCUT2D eigenvalue weighted by Crippen LogP contribution is 2.25. The molecule has 22 heavy (non-hydrogen) atoms. The first kappa shape index (κ1) is 15.2. The van der Waals surface area contributed by atoms with Crippen LogP contribution >= 0.6 is 0 Å². The molecule has 0 spiro atoms. The van der Waals surface area contributed by atoms with Gasteiger partial charge in [0.15, 0.2) is 0 Å². The van der Waals surface area contributed by atoms with Gasteiger partial charge in [0.05, 0.1) is 11.8 Å². The van der Waals surface area contributed by atoms with Gasteiger partial charge in [0.2, 0.25) is 21.8 Å². The number of carbonyl (C=O) groups excluding carboxylic acids is 2. The SMILES string of the molecule is Cc1cccc(CS(=O)(=O)N2CC(N3C(=O)CCC3=O)C2)c1. The second kappa shape index (κ2) is 5.48. The van der Waals surface area contributed by atoms with E-state index in [1.165, 1.54) is 9.21 Å². The standard InChI is InChI=1S/C15H18N2O4S/c1-11-3-2-4-12(7-11)10-22(20,21)16-8-13(9-16)17-14(18)5-6-15(17)19/h2-4,7,13H,5-6,8-10H2,1H3. The Morgan fingerprint density at radius 1 is 1.14 bits per heavy atom. The van der Waals surface area contributed by atoms with E-state index in [1.807, 2.05) is 25.1 Å². The zero-order chi connectivity index (χ0) is 15.9. The Hall–Kier alpha value is -1.73. The molecular formula is C15H18N2O4S. The Bertz CT molecular complexity index is 707. The van der Waals surface area contributed by atoms with Crippen LogP contribution in [0.15, 0.2) is 24.3 Å². The monoisotopic (exact) mass is 322 g/mol. The fourth-order valence-corrected chi connectivity index (χ4v) is 4.49. The van der Waals surface area contributed by atoms with E-state index < -0.39 is 10.0 Å².